The highest BCUT2D eigenvalue weighted by Gasteiger charge is 2.24. The number of likely N-dealkylation sites (N-methyl/N-ethyl adjacent to an activating group) is 1. The average Bonchev–Trinajstić information content (AvgIpc) is 2.24. The Bertz CT molecular complexity index is 158. The van der Waals surface area contributed by atoms with E-state index < -0.39 is 5.60 Å². The highest BCUT2D eigenvalue weighted by Crippen LogP contribution is 2.24. The first-order valence-electron chi connectivity index (χ1n) is 7.14. The molecule has 1 aliphatic carbocycles. The van der Waals surface area contributed by atoms with Gasteiger partial charge in [-0.3, -0.25) is 0 Å². The van der Waals surface area contributed by atoms with Gasteiger partial charge >= 0.3 is 0 Å². The summed E-state index contributed by atoms with van der Waals surface area (Å²) in [5, 5.41) is 13.6. The molecular formula is C14H29NO. The monoisotopic (exact) mass is 227 g/mol. The predicted molar refractivity (Wildman–Crippen MR) is 69.7 cm³/mol. The molecule has 0 atom stereocenters. The molecule has 2 nitrogen and oxygen atoms in total. The molecule has 1 fully saturated rings. The summed E-state index contributed by atoms with van der Waals surface area (Å²) in [6, 6.07) is 0. The number of hydrogen-bond acceptors (Lipinski definition) is 2. The van der Waals surface area contributed by atoms with Crippen LogP contribution >= 0.6 is 0 Å². The maximum absolute atomic E-state index is 10.5. The van der Waals surface area contributed by atoms with Gasteiger partial charge in [0.1, 0.15) is 0 Å². The van der Waals surface area contributed by atoms with Crippen LogP contribution in [0.2, 0.25) is 0 Å². The number of rotatable bonds is 2. The molecule has 0 aromatic carbocycles. The van der Waals surface area contributed by atoms with Crippen molar-refractivity contribution in [1.82, 2.24) is 5.32 Å². The van der Waals surface area contributed by atoms with Crippen molar-refractivity contribution in [2.24, 2.45) is 0 Å². The Morgan fingerprint density at radius 2 is 1.19 bits per heavy atom. The van der Waals surface area contributed by atoms with E-state index in [2.05, 4.69) is 5.32 Å². The molecule has 0 unspecified atom stereocenters. The zero-order chi connectivity index (χ0) is 11.7. The zero-order valence-electron chi connectivity index (χ0n) is 10.9. The van der Waals surface area contributed by atoms with Gasteiger partial charge in [0.15, 0.2) is 0 Å². The van der Waals surface area contributed by atoms with Gasteiger partial charge in [0.25, 0.3) is 0 Å². The molecule has 0 radical (unpaired) electrons. The molecule has 1 saturated carbocycles. The maximum atomic E-state index is 10.5. The number of hydrogen-bond donors (Lipinski definition) is 2. The molecule has 1 aliphatic rings. The largest absolute Gasteiger partial charge is 0.389 e. The summed E-state index contributed by atoms with van der Waals surface area (Å²) in [6.07, 6.45) is 13.9. The molecule has 96 valence electrons. The Hall–Kier alpha value is -0.0800. The molecule has 2 N–H and O–H groups in total. The smallest absolute Gasteiger partial charge is 0.0771 e. The normalized spacial score (nSPS) is 24.4. The minimum Gasteiger partial charge on any atom is -0.389 e. The van der Waals surface area contributed by atoms with E-state index >= 15 is 0 Å². The lowest BCUT2D eigenvalue weighted by Gasteiger charge is -2.28. The summed E-state index contributed by atoms with van der Waals surface area (Å²) < 4.78 is 0. The second-order valence-electron chi connectivity index (χ2n) is 5.44. The standard InChI is InChI=1S/C14H29NO/c1-15-13-14(16)11-9-7-5-3-2-4-6-8-10-12-14/h15-16H,2-13H2,1H3. The molecule has 1 rings (SSSR count). The molecule has 0 heterocycles. The summed E-state index contributed by atoms with van der Waals surface area (Å²) in [6.45, 7) is 0.757. The first-order chi connectivity index (χ1) is 7.77. The number of nitrogens with one attached hydrogen (secondary N) is 1. The van der Waals surface area contributed by atoms with Crippen molar-refractivity contribution in [1.29, 1.82) is 0 Å². The third-order valence-corrected chi connectivity index (χ3v) is 3.79. The molecule has 0 bridgehead atoms. The SMILES string of the molecule is CNCC1(O)CCCCCCCCCCC1. The van der Waals surface area contributed by atoms with Crippen LogP contribution in [0.25, 0.3) is 0 Å². The minimum absolute atomic E-state index is 0.437. The van der Waals surface area contributed by atoms with Crippen LogP contribution in [0, 0.1) is 0 Å². The van der Waals surface area contributed by atoms with Gasteiger partial charge in [0.2, 0.25) is 0 Å². The highest BCUT2D eigenvalue weighted by molar-refractivity contribution is 4.80. The third-order valence-electron chi connectivity index (χ3n) is 3.79. The summed E-state index contributed by atoms with van der Waals surface area (Å²) >= 11 is 0. The Morgan fingerprint density at radius 3 is 1.56 bits per heavy atom. The Labute approximate surface area is 101 Å². The molecule has 0 amide bonds. The van der Waals surface area contributed by atoms with Crippen molar-refractivity contribution in [2.75, 3.05) is 13.6 Å². The summed E-state index contributed by atoms with van der Waals surface area (Å²) in [5.74, 6) is 0. The van der Waals surface area contributed by atoms with E-state index in [4.69, 9.17) is 0 Å². The second-order valence-corrected chi connectivity index (χ2v) is 5.44. The van der Waals surface area contributed by atoms with E-state index in [0.29, 0.717) is 0 Å². The molecule has 2 heteroatoms. The summed E-state index contributed by atoms with van der Waals surface area (Å²) in [5.41, 5.74) is -0.437. The fourth-order valence-electron chi connectivity index (χ4n) is 2.78. The van der Waals surface area contributed by atoms with Gasteiger partial charge in [-0.1, -0.05) is 57.8 Å². The Kier molecular flexibility index (Phi) is 7.06. The third kappa shape index (κ3) is 5.86. The van der Waals surface area contributed by atoms with Gasteiger partial charge < -0.3 is 10.4 Å². The first-order valence-corrected chi connectivity index (χ1v) is 7.14. The van der Waals surface area contributed by atoms with Gasteiger partial charge in [-0.05, 0) is 19.9 Å². The highest BCUT2D eigenvalue weighted by atomic mass is 16.3. The second kappa shape index (κ2) is 8.08. The van der Waals surface area contributed by atoms with Gasteiger partial charge in [-0.15, -0.1) is 0 Å². The van der Waals surface area contributed by atoms with Gasteiger partial charge in [-0.25, -0.2) is 0 Å². The Morgan fingerprint density at radius 1 is 0.812 bits per heavy atom. The van der Waals surface area contributed by atoms with Crippen LogP contribution in [0.15, 0.2) is 0 Å². The van der Waals surface area contributed by atoms with Crippen LogP contribution in [0.1, 0.15) is 70.6 Å². The lowest BCUT2D eigenvalue weighted by Crippen LogP contribution is -2.39. The van der Waals surface area contributed by atoms with E-state index in [-0.39, 0.29) is 0 Å². The fourth-order valence-corrected chi connectivity index (χ4v) is 2.78. The van der Waals surface area contributed by atoms with E-state index in [1.54, 1.807) is 0 Å². The van der Waals surface area contributed by atoms with Crippen LogP contribution in [-0.2, 0) is 0 Å². The molecule has 0 aliphatic heterocycles. The van der Waals surface area contributed by atoms with Crippen molar-refractivity contribution in [3.63, 3.8) is 0 Å². The van der Waals surface area contributed by atoms with Crippen molar-refractivity contribution in [2.45, 2.75) is 76.2 Å². The van der Waals surface area contributed by atoms with Crippen molar-refractivity contribution >= 4 is 0 Å². The molecular weight excluding hydrogens is 198 g/mol. The van der Waals surface area contributed by atoms with Crippen LogP contribution in [0.3, 0.4) is 0 Å². The lowest BCUT2D eigenvalue weighted by atomic mass is 9.89. The van der Waals surface area contributed by atoms with Gasteiger partial charge in [0, 0.05) is 6.54 Å². The number of aliphatic hydroxyl groups is 1. The zero-order valence-corrected chi connectivity index (χ0v) is 10.9. The summed E-state index contributed by atoms with van der Waals surface area (Å²) in [7, 11) is 1.94. The van der Waals surface area contributed by atoms with Crippen LogP contribution in [0.4, 0.5) is 0 Å². The molecule has 0 aromatic heterocycles. The van der Waals surface area contributed by atoms with E-state index in [1.165, 1.54) is 57.8 Å². The first kappa shape index (κ1) is 14.0. The van der Waals surface area contributed by atoms with Crippen molar-refractivity contribution in [3.05, 3.63) is 0 Å². The van der Waals surface area contributed by atoms with Gasteiger partial charge in [-0.2, -0.15) is 0 Å². The van der Waals surface area contributed by atoms with Crippen molar-refractivity contribution in [3.8, 4) is 0 Å². The lowest BCUT2D eigenvalue weighted by molar-refractivity contribution is 0.0197. The topological polar surface area (TPSA) is 32.3 Å². The molecule has 0 saturated heterocycles. The molecule has 0 spiro atoms. The van der Waals surface area contributed by atoms with Crippen LogP contribution in [0.5, 0.6) is 0 Å². The van der Waals surface area contributed by atoms with Gasteiger partial charge in [0.05, 0.1) is 5.60 Å². The minimum atomic E-state index is -0.437. The van der Waals surface area contributed by atoms with E-state index in [9.17, 15) is 5.11 Å². The quantitative estimate of drug-likeness (QED) is 0.759. The fraction of sp³-hybridized carbons (Fsp3) is 1.00. The maximum Gasteiger partial charge on any atom is 0.0771 e. The van der Waals surface area contributed by atoms with Crippen LogP contribution < -0.4 is 5.32 Å². The predicted octanol–water partition coefficient (Wildman–Crippen LogP) is 3.24. The summed E-state index contributed by atoms with van der Waals surface area (Å²) in [4.78, 5) is 0. The average molecular weight is 227 g/mol. The molecule has 16 heavy (non-hydrogen) atoms. The van der Waals surface area contributed by atoms with E-state index in [0.717, 1.165) is 19.4 Å². The van der Waals surface area contributed by atoms with Crippen molar-refractivity contribution < 1.29 is 5.11 Å². The Balaban J connectivity index is 2.35. The van der Waals surface area contributed by atoms with E-state index in [1.807, 2.05) is 7.05 Å². The van der Waals surface area contributed by atoms with Crippen LogP contribution in [-0.4, -0.2) is 24.3 Å². The molecule has 0 aromatic rings.